The Balaban J connectivity index is 1.93. The normalized spacial score (nSPS) is 24.0. The molecular formula is C13H14N2O3. The van der Waals surface area contributed by atoms with Crippen LogP contribution in [0.15, 0.2) is 24.3 Å². The molecule has 1 aliphatic carbocycles. The van der Waals surface area contributed by atoms with E-state index < -0.39 is 6.04 Å². The highest BCUT2D eigenvalue weighted by Gasteiger charge is 2.41. The lowest BCUT2D eigenvalue weighted by Gasteiger charge is -2.33. The van der Waals surface area contributed by atoms with Gasteiger partial charge in [0.05, 0.1) is 6.54 Å². The van der Waals surface area contributed by atoms with E-state index in [1.54, 1.807) is 23.1 Å². The van der Waals surface area contributed by atoms with Crippen LogP contribution in [0.4, 0.5) is 0 Å². The molecule has 94 valence electrons. The van der Waals surface area contributed by atoms with Crippen LogP contribution >= 0.6 is 0 Å². The minimum Gasteiger partial charge on any atom is -0.508 e. The molecule has 0 unspecified atom stereocenters. The minimum atomic E-state index is -0.756. The van der Waals surface area contributed by atoms with Gasteiger partial charge in [0.15, 0.2) is 0 Å². The Bertz CT molecular complexity index is 511. The molecular weight excluding hydrogens is 232 g/mol. The highest BCUT2D eigenvalue weighted by atomic mass is 16.3. The summed E-state index contributed by atoms with van der Waals surface area (Å²) in [5.74, 6) is -0.262. The van der Waals surface area contributed by atoms with Crippen molar-refractivity contribution in [2.24, 2.45) is 0 Å². The van der Waals surface area contributed by atoms with E-state index in [0.29, 0.717) is 5.56 Å². The maximum absolute atomic E-state index is 12.3. The van der Waals surface area contributed by atoms with E-state index in [2.05, 4.69) is 5.32 Å². The Kier molecular flexibility index (Phi) is 2.47. The molecule has 1 atom stereocenters. The third kappa shape index (κ3) is 1.81. The summed E-state index contributed by atoms with van der Waals surface area (Å²) in [6.07, 6.45) is 1.93. The van der Waals surface area contributed by atoms with E-state index in [0.717, 1.165) is 12.8 Å². The summed E-state index contributed by atoms with van der Waals surface area (Å²) >= 11 is 0. The van der Waals surface area contributed by atoms with Gasteiger partial charge in [-0.15, -0.1) is 0 Å². The van der Waals surface area contributed by atoms with Crippen molar-refractivity contribution in [1.29, 1.82) is 0 Å². The lowest BCUT2D eigenvalue weighted by atomic mass is 10.0. The average Bonchev–Trinajstić information content (AvgIpc) is 3.17. The Morgan fingerprint density at radius 3 is 2.61 bits per heavy atom. The number of nitrogens with one attached hydrogen (secondary N) is 1. The van der Waals surface area contributed by atoms with Gasteiger partial charge in [0.2, 0.25) is 5.91 Å². The zero-order valence-electron chi connectivity index (χ0n) is 9.80. The van der Waals surface area contributed by atoms with Gasteiger partial charge in [-0.05, 0) is 18.9 Å². The van der Waals surface area contributed by atoms with Crippen LogP contribution in [0, 0.1) is 0 Å². The van der Waals surface area contributed by atoms with Gasteiger partial charge in [-0.1, -0.05) is 18.2 Å². The molecule has 5 nitrogen and oxygen atoms in total. The summed E-state index contributed by atoms with van der Waals surface area (Å²) in [5.41, 5.74) is 0.459. The smallest absolute Gasteiger partial charge is 0.250 e. The topological polar surface area (TPSA) is 69.6 Å². The van der Waals surface area contributed by atoms with Gasteiger partial charge in [-0.2, -0.15) is 0 Å². The molecule has 1 aromatic rings. The van der Waals surface area contributed by atoms with E-state index in [9.17, 15) is 14.7 Å². The Hall–Kier alpha value is -2.04. The van der Waals surface area contributed by atoms with Crippen LogP contribution in [0.3, 0.4) is 0 Å². The number of piperazine rings is 1. The van der Waals surface area contributed by atoms with E-state index in [1.165, 1.54) is 6.07 Å². The van der Waals surface area contributed by atoms with E-state index in [1.807, 2.05) is 0 Å². The van der Waals surface area contributed by atoms with Gasteiger partial charge in [0, 0.05) is 11.6 Å². The minimum absolute atomic E-state index is 0.0359. The van der Waals surface area contributed by atoms with Crippen molar-refractivity contribution < 1.29 is 14.7 Å². The second-order valence-electron chi connectivity index (χ2n) is 4.76. The van der Waals surface area contributed by atoms with Gasteiger partial charge < -0.3 is 15.3 Å². The molecule has 0 radical (unpaired) electrons. The van der Waals surface area contributed by atoms with Crippen molar-refractivity contribution in [2.45, 2.75) is 24.9 Å². The second-order valence-corrected chi connectivity index (χ2v) is 4.76. The standard InChI is InChI=1S/C13H14N2O3/c16-10-4-2-1-3-9(10)12-13(18)15(8-5-6-8)7-11(17)14-12/h1-4,8,12,16H,5-7H2,(H,14,17)/t12-/m0/s1. The molecule has 5 heteroatoms. The Labute approximate surface area is 104 Å². The van der Waals surface area contributed by atoms with E-state index in [4.69, 9.17) is 0 Å². The number of para-hydroxylation sites is 1. The Morgan fingerprint density at radius 2 is 1.94 bits per heavy atom. The first-order valence-corrected chi connectivity index (χ1v) is 6.04. The zero-order chi connectivity index (χ0) is 12.7. The molecule has 2 fully saturated rings. The summed E-state index contributed by atoms with van der Waals surface area (Å²) in [6, 6.07) is 6.06. The van der Waals surface area contributed by atoms with Gasteiger partial charge in [0.25, 0.3) is 5.91 Å². The maximum Gasteiger partial charge on any atom is 0.250 e. The van der Waals surface area contributed by atoms with E-state index in [-0.39, 0.29) is 30.2 Å². The quantitative estimate of drug-likeness (QED) is 0.800. The number of benzene rings is 1. The van der Waals surface area contributed by atoms with Crippen LogP contribution in [-0.4, -0.2) is 34.4 Å². The van der Waals surface area contributed by atoms with Crippen molar-refractivity contribution in [2.75, 3.05) is 6.54 Å². The van der Waals surface area contributed by atoms with Gasteiger partial charge in [0.1, 0.15) is 11.8 Å². The van der Waals surface area contributed by atoms with Gasteiger partial charge in [-0.25, -0.2) is 0 Å². The summed E-state index contributed by atoms with van der Waals surface area (Å²) in [6.45, 7) is 0.133. The highest BCUT2D eigenvalue weighted by molar-refractivity contribution is 5.96. The van der Waals surface area contributed by atoms with Crippen molar-refractivity contribution in [3.63, 3.8) is 0 Å². The number of hydrogen-bond acceptors (Lipinski definition) is 3. The first-order valence-electron chi connectivity index (χ1n) is 6.04. The van der Waals surface area contributed by atoms with Crippen molar-refractivity contribution in [3.8, 4) is 5.75 Å². The molecule has 0 aromatic heterocycles. The lowest BCUT2D eigenvalue weighted by molar-refractivity contribution is -0.145. The van der Waals surface area contributed by atoms with E-state index >= 15 is 0 Å². The molecule has 18 heavy (non-hydrogen) atoms. The Morgan fingerprint density at radius 1 is 1.22 bits per heavy atom. The highest BCUT2D eigenvalue weighted by Crippen LogP contribution is 2.33. The molecule has 1 heterocycles. The fourth-order valence-corrected chi connectivity index (χ4v) is 2.30. The summed E-state index contributed by atoms with van der Waals surface area (Å²) < 4.78 is 0. The number of carbonyl (C=O) groups excluding carboxylic acids is 2. The molecule has 1 aliphatic heterocycles. The number of phenols is 1. The average molecular weight is 246 g/mol. The van der Waals surface area contributed by atoms with Crippen molar-refractivity contribution in [1.82, 2.24) is 10.2 Å². The van der Waals surface area contributed by atoms with Crippen LogP contribution in [0.25, 0.3) is 0 Å². The summed E-state index contributed by atoms with van der Waals surface area (Å²) in [4.78, 5) is 25.6. The maximum atomic E-state index is 12.3. The number of nitrogens with zero attached hydrogens (tertiary/aromatic N) is 1. The number of phenolic OH excluding ortho intramolecular Hbond substituents is 1. The van der Waals surface area contributed by atoms with Crippen LogP contribution in [0.5, 0.6) is 5.75 Å². The van der Waals surface area contributed by atoms with Crippen molar-refractivity contribution in [3.05, 3.63) is 29.8 Å². The predicted octanol–water partition coefficient (Wildman–Crippen LogP) is 0.554. The second kappa shape index (κ2) is 4.01. The number of rotatable bonds is 2. The SMILES string of the molecule is O=C1CN(C2CC2)C(=O)[C@H](c2ccccc2O)N1. The van der Waals surface area contributed by atoms with Gasteiger partial charge >= 0.3 is 0 Å². The molecule has 1 saturated heterocycles. The molecule has 1 saturated carbocycles. The number of aromatic hydroxyl groups is 1. The zero-order valence-corrected chi connectivity index (χ0v) is 9.80. The van der Waals surface area contributed by atoms with Gasteiger partial charge in [-0.3, -0.25) is 9.59 Å². The summed E-state index contributed by atoms with van der Waals surface area (Å²) in [5, 5.41) is 12.4. The molecule has 3 rings (SSSR count). The number of amides is 2. The third-order valence-corrected chi connectivity index (χ3v) is 3.38. The fourth-order valence-electron chi connectivity index (χ4n) is 2.30. The first kappa shape index (κ1) is 11.1. The van der Waals surface area contributed by atoms with Crippen LogP contribution in [-0.2, 0) is 9.59 Å². The largest absolute Gasteiger partial charge is 0.508 e. The number of carbonyl (C=O) groups is 2. The molecule has 0 bridgehead atoms. The van der Waals surface area contributed by atoms with Crippen LogP contribution in [0.2, 0.25) is 0 Å². The summed E-state index contributed by atoms with van der Waals surface area (Å²) in [7, 11) is 0. The lowest BCUT2D eigenvalue weighted by Crippen LogP contribution is -2.54. The molecule has 0 spiro atoms. The molecule has 2 amide bonds. The number of hydrogen-bond donors (Lipinski definition) is 2. The monoisotopic (exact) mass is 246 g/mol. The molecule has 2 aliphatic rings. The van der Waals surface area contributed by atoms with Crippen LogP contribution in [0.1, 0.15) is 24.4 Å². The van der Waals surface area contributed by atoms with Crippen molar-refractivity contribution >= 4 is 11.8 Å². The van der Waals surface area contributed by atoms with Crippen LogP contribution < -0.4 is 5.32 Å². The molecule has 2 N–H and O–H groups in total. The first-order chi connectivity index (χ1) is 8.66. The molecule has 1 aromatic carbocycles. The fraction of sp³-hybridized carbons (Fsp3) is 0.385. The third-order valence-electron chi connectivity index (χ3n) is 3.38. The predicted molar refractivity (Wildman–Crippen MR) is 63.7 cm³/mol.